The summed E-state index contributed by atoms with van der Waals surface area (Å²) in [7, 11) is 0. The van der Waals surface area contributed by atoms with Crippen LogP contribution in [-0.2, 0) is 19.1 Å². The number of carbonyl (C=O) groups is 2. The fraction of sp³-hybridized carbons (Fsp3) is 0.889. The highest BCUT2D eigenvalue weighted by molar-refractivity contribution is 7.80. The summed E-state index contributed by atoms with van der Waals surface area (Å²) in [4.78, 5) is 23.1. The zero-order valence-corrected chi connectivity index (χ0v) is 15.9. The molecule has 2 bridgehead atoms. The Morgan fingerprint density at radius 3 is 2.08 bits per heavy atom. The molecular weight excluding hydrogens is 344 g/mol. The predicted molar refractivity (Wildman–Crippen MR) is 98.3 cm³/mol. The first-order chi connectivity index (χ1) is 11.6. The Balaban J connectivity index is 1.45. The average Bonchev–Trinajstić information content (AvgIpc) is 3.22. The van der Waals surface area contributed by atoms with Crippen LogP contribution in [0.4, 0.5) is 0 Å². The maximum atomic E-state index is 11.6. The Kier molecular flexibility index (Phi) is 6.41. The van der Waals surface area contributed by atoms with Gasteiger partial charge in [-0.2, -0.15) is 25.3 Å². The lowest BCUT2D eigenvalue weighted by Crippen LogP contribution is -2.28. The van der Waals surface area contributed by atoms with Crippen LogP contribution >= 0.6 is 25.3 Å². The van der Waals surface area contributed by atoms with Crippen LogP contribution in [0.5, 0.6) is 0 Å². The zero-order valence-electron chi connectivity index (χ0n) is 14.1. The SMILES string of the molecule is O=C(CCS)OCC1CC2C3CC(COC(=O)CCS)C(C3)C2C1. The van der Waals surface area contributed by atoms with Crippen molar-refractivity contribution in [3.8, 4) is 0 Å². The van der Waals surface area contributed by atoms with Crippen LogP contribution in [0.25, 0.3) is 0 Å². The molecule has 3 rings (SSSR count). The second-order valence-electron chi connectivity index (χ2n) is 7.63. The van der Waals surface area contributed by atoms with E-state index in [9.17, 15) is 9.59 Å². The number of carbonyl (C=O) groups excluding carboxylic acids is 2. The van der Waals surface area contributed by atoms with Crippen LogP contribution in [0, 0.1) is 35.5 Å². The third-order valence-corrected chi connectivity index (χ3v) is 6.72. The highest BCUT2D eigenvalue weighted by Crippen LogP contribution is 2.62. The van der Waals surface area contributed by atoms with Gasteiger partial charge < -0.3 is 9.47 Å². The molecule has 0 aliphatic heterocycles. The molecule has 6 unspecified atom stereocenters. The van der Waals surface area contributed by atoms with Crippen LogP contribution in [-0.4, -0.2) is 36.7 Å². The quantitative estimate of drug-likeness (QED) is 0.508. The summed E-state index contributed by atoms with van der Waals surface area (Å²) in [6.07, 6.45) is 5.67. The summed E-state index contributed by atoms with van der Waals surface area (Å²) in [5, 5.41) is 0. The van der Waals surface area contributed by atoms with Gasteiger partial charge in [0.15, 0.2) is 0 Å². The van der Waals surface area contributed by atoms with E-state index >= 15 is 0 Å². The van der Waals surface area contributed by atoms with Crippen LogP contribution < -0.4 is 0 Å². The monoisotopic (exact) mass is 372 g/mol. The smallest absolute Gasteiger partial charge is 0.306 e. The van der Waals surface area contributed by atoms with Gasteiger partial charge in [0.05, 0.1) is 26.1 Å². The highest BCUT2D eigenvalue weighted by atomic mass is 32.1. The second kappa shape index (κ2) is 8.35. The number of ether oxygens (including phenoxy) is 2. The highest BCUT2D eigenvalue weighted by Gasteiger charge is 2.55. The van der Waals surface area contributed by atoms with E-state index in [2.05, 4.69) is 25.3 Å². The molecule has 0 saturated heterocycles. The van der Waals surface area contributed by atoms with Gasteiger partial charge in [-0.25, -0.2) is 0 Å². The lowest BCUT2D eigenvalue weighted by molar-refractivity contribution is -0.145. The van der Waals surface area contributed by atoms with Crippen molar-refractivity contribution < 1.29 is 19.1 Å². The van der Waals surface area contributed by atoms with Gasteiger partial charge in [-0.05, 0) is 61.2 Å². The third kappa shape index (κ3) is 4.06. The Bertz CT molecular complexity index is 470. The normalized spacial score (nSPS) is 36.6. The Morgan fingerprint density at radius 2 is 1.42 bits per heavy atom. The van der Waals surface area contributed by atoms with Gasteiger partial charge in [-0.15, -0.1) is 0 Å². The summed E-state index contributed by atoms with van der Waals surface area (Å²) in [5.41, 5.74) is 0. The van der Waals surface area contributed by atoms with Crippen molar-refractivity contribution in [1.82, 2.24) is 0 Å². The van der Waals surface area contributed by atoms with E-state index in [0.717, 1.165) is 17.8 Å². The summed E-state index contributed by atoms with van der Waals surface area (Å²) in [6, 6.07) is 0. The van der Waals surface area contributed by atoms with Gasteiger partial charge in [0, 0.05) is 11.5 Å². The fourth-order valence-electron chi connectivity index (χ4n) is 5.39. The van der Waals surface area contributed by atoms with E-state index < -0.39 is 0 Å². The third-order valence-electron chi connectivity index (χ3n) is 6.27. The molecule has 24 heavy (non-hydrogen) atoms. The lowest BCUT2D eigenvalue weighted by atomic mass is 9.76. The number of hydrogen-bond acceptors (Lipinski definition) is 6. The molecule has 3 aliphatic rings. The summed E-state index contributed by atoms with van der Waals surface area (Å²) in [5.74, 6) is 4.92. The molecule has 0 aromatic heterocycles. The molecule has 136 valence electrons. The molecule has 0 radical (unpaired) electrons. The first-order valence-electron chi connectivity index (χ1n) is 9.15. The van der Waals surface area contributed by atoms with E-state index in [0.29, 0.717) is 55.3 Å². The van der Waals surface area contributed by atoms with Crippen LogP contribution in [0.2, 0.25) is 0 Å². The molecule has 0 amide bonds. The van der Waals surface area contributed by atoms with Gasteiger partial charge in [0.2, 0.25) is 0 Å². The zero-order chi connectivity index (χ0) is 17.1. The molecule has 4 nitrogen and oxygen atoms in total. The summed E-state index contributed by atoms with van der Waals surface area (Å²) < 4.78 is 10.8. The Labute approximate surface area is 155 Å². The Hall–Kier alpha value is -0.360. The second-order valence-corrected chi connectivity index (χ2v) is 8.53. The van der Waals surface area contributed by atoms with E-state index in [1.54, 1.807) is 0 Å². The number of fused-ring (bicyclic) bond motifs is 5. The van der Waals surface area contributed by atoms with Gasteiger partial charge in [-0.3, -0.25) is 9.59 Å². The topological polar surface area (TPSA) is 52.6 Å². The first kappa shape index (κ1) is 18.4. The summed E-state index contributed by atoms with van der Waals surface area (Å²) >= 11 is 8.14. The van der Waals surface area contributed by atoms with Gasteiger partial charge in [0.25, 0.3) is 0 Å². The van der Waals surface area contributed by atoms with Crippen LogP contribution in [0.1, 0.15) is 38.5 Å². The minimum Gasteiger partial charge on any atom is -0.465 e. The molecule has 3 aliphatic carbocycles. The largest absolute Gasteiger partial charge is 0.465 e. The number of rotatable bonds is 8. The molecule has 0 spiro atoms. The van der Waals surface area contributed by atoms with E-state index in [-0.39, 0.29) is 11.9 Å². The van der Waals surface area contributed by atoms with Crippen molar-refractivity contribution in [3.05, 3.63) is 0 Å². The predicted octanol–water partition coefficient (Wildman–Crippen LogP) is 3.01. The molecule has 0 heterocycles. The van der Waals surface area contributed by atoms with Crippen molar-refractivity contribution in [2.75, 3.05) is 24.7 Å². The minimum absolute atomic E-state index is 0.121. The van der Waals surface area contributed by atoms with E-state index in [1.807, 2.05) is 0 Å². The van der Waals surface area contributed by atoms with Gasteiger partial charge >= 0.3 is 11.9 Å². The maximum Gasteiger partial charge on any atom is 0.306 e. The standard InChI is InChI=1S/C18H28O4S2/c19-17(1-3-23)21-9-11-5-14-12-7-13(10-22-18(20)2-4-24)15(8-12)16(14)6-11/h11-16,23-24H,1-10H2. The molecule has 0 aromatic carbocycles. The molecule has 0 N–H and O–H groups in total. The molecule has 0 aromatic rings. The molecule has 3 fully saturated rings. The minimum atomic E-state index is -0.126. The number of thiol groups is 2. The molecule has 3 saturated carbocycles. The maximum absolute atomic E-state index is 11.6. The van der Waals surface area contributed by atoms with Crippen molar-refractivity contribution >= 4 is 37.2 Å². The van der Waals surface area contributed by atoms with E-state index in [1.165, 1.54) is 25.7 Å². The van der Waals surface area contributed by atoms with Crippen molar-refractivity contribution in [2.24, 2.45) is 35.5 Å². The van der Waals surface area contributed by atoms with Crippen molar-refractivity contribution in [1.29, 1.82) is 0 Å². The number of esters is 2. The summed E-state index contributed by atoms with van der Waals surface area (Å²) in [6.45, 7) is 1.15. The van der Waals surface area contributed by atoms with Gasteiger partial charge in [-0.1, -0.05) is 0 Å². The first-order valence-corrected chi connectivity index (χ1v) is 10.4. The molecule has 6 atom stereocenters. The average molecular weight is 373 g/mol. The van der Waals surface area contributed by atoms with Crippen LogP contribution in [0.15, 0.2) is 0 Å². The number of hydrogen-bond donors (Lipinski definition) is 2. The Morgan fingerprint density at radius 1 is 0.792 bits per heavy atom. The van der Waals surface area contributed by atoms with Gasteiger partial charge in [0.1, 0.15) is 0 Å². The molecular formula is C18H28O4S2. The fourth-order valence-corrected chi connectivity index (χ4v) is 5.76. The van der Waals surface area contributed by atoms with Crippen LogP contribution in [0.3, 0.4) is 0 Å². The lowest BCUT2D eigenvalue weighted by Gasteiger charge is -2.31. The van der Waals surface area contributed by atoms with Crippen molar-refractivity contribution in [2.45, 2.75) is 38.5 Å². The molecule has 6 heteroatoms. The van der Waals surface area contributed by atoms with E-state index in [4.69, 9.17) is 9.47 Å². The van der Waals surface area contributed by atoms with Crippen molar-refractivity contribution in [3.63, 3.8) is 0 Å².